The zero-order chi connectivity index (χ0) is 36.8. The van der Waals surface area contributed by atoms with Crippen LogP contribution in [0, 0.1) is 5.82 Å². The Morgan fingerprint density at radius 2 is 1.52 bits per heavy atom. The van der Waals surface area contributed by atoms with Crippen molar-refractivity contribution >= 4 is 11.8 Å². The van der Waals surface area contributed by atoms with Crippen LogP contribution < -0.4 is 10.9 Å². The van der Waals surface area contributed by atoms with Gasteiger partial charge in [0.05, 0.1) is 24.7 Å². The van der Waals surface area contributed by atoms with Gasteiger partial charge in [-0.1, -0.05) is 74.1 Å². The summed E-state index contributed by atoms with van der Waals surface area (Å²) >= 11 is 1.44. The first-order chi connectivity index (χ1) is 25.0. The summed E-state index contributed by atoms with van der Waals surface area (Å²) in [6.45, 7) is 10.8. The van der Waals surface area contributed by atoms with Gasteiger partial charge in [-0.05, 0) is 85.8 Å². The molecule has 0 bridgehead atoms. The highest BCUT2D eigenvalue weighted by Gasteiger charge is 2.30. The molecule has 1 aliphatic rings. The summed E-state index contributed by atoms with van der Waals surface area (Å²) in [6, 6.07) is 19.2. The lowest BCUT2D eigenvalue weighted by Gasteiger charge is -2.21. The lowest BCUT2D eigenvalue weighted by molar-refractivity contribution is -0.137. The van der Waals surface area contributed by atoms with Crippen LogP contribution in [0.25, 0.3) is 11.1 Å². The molecule has 2 heterocycles. The maximum absolute atomic E-state index is 13.6. The van der Waals surface area contributed by atoms with Gasteiger partial charge in [0.1, 0.15) is 11.6 Å². The third-order valence-corrected chi connectivity index (χ3v) is 10.7. The molecule has 0 amide bonds. The summed E-state index contributed by atoms with van der Waals surface area (Å²) in [5, 5.41) is 13.6. The van der Waals surface area contributed by atoms with Gasteiger partial charge in [-0.3, -0.25) is 4.79 Å². The lowest BCUT2D eigenvalue weighted by atomic mass is 10.0. The van der Waals surface area contributed by atoms with Crippen molar-refractivity contribution in [1.82, 2.24) is 34.5 Å². The third kappa shape index (κ3) is 8.82. The second-order valence-corrected chi connectivity index (χ2v) is 14.0. The molecule has 5 aromatic rings. The van der Waals surface area contributed by atoms with Crippen molar-refractivity contribution in [2.75, 3.05) is 26.2 Å². The molecule has 0 saturated carbocycles. The molecule has 274 valence electrons. The lowest BCUT2D eigenvalue weighted by Crippen LogP contribution is -2.34. The first-order valence-corrected chi connectivity index (χ1v) is 18.7. The zero-order valence-electron chi connectivity index (χ0n) is 29.6. The Kier molecular flexibility index (Phi) is 11.9. The summed E-state index contributed by atoms with van der Waals surface area (Å²) in [5.41, 5.74) is 4.22. The molecule has 52 heavy (non-hydrogen) atoms. The van der Waals surface area contributed by atoms with Crippen molar-refractivity contribution in [2.24, 2.45) is 0 Å². The zero-order valence-corrected chi connectivity index (χ0v) is 30.4. The standard InChI is InChI=1S/C39H43F4N7OS/c1-4-48(5-2)22-21-44-26(3)36-47-46-35(50(36)23-27-9-13-29(14-10-27)30-15-17-31(18-16-30)39(41,42)43)24-49-34-8-6-7-33(34)37(51)45-38(49)52-25-28-11-19-32(40)20-12-28/h9-20,26,44H,4-8,21-25H2,1-3H3. The molecule has 0 saturated heterocycles. The van der Waals surface area contributed by atoms with Crippen LogP contribution >= 0.6 is 11.8 Å². The van der Waals surface area contributed by atoms with Gasteiger partial charge in [0.2, 0.25) is 0 Å². The molecule has 3 aromatic carbocycles. The number of nitrogens with one attached hydrogen (secondary N) is 1. The van der Waals surface area contributed by atoms with Gasteiger partial charge in [0, 0.05) is 30.1 Å². The van der Waals surface area contributed by atoms with E-state index in [1.807, 2.05) is 24.3 Å². The third-order valence-electron chi connectivity index (χ3n) is 9.64. The van der Waals surface area contributed by atoms with Crippen molar-refractivity contribution in [1.29, 1.82) is 0 Å². The maximum Gasteiger partial charge on any atom is 0.416 e. The second kappa shape index (κ2) is 16.6. The predicted molar refractivity (Wildman–Crippen MR) is 196 cm³/mol. The monoisotopic (exact) mass is 733 g/mol. The number of thioether (sulfide) groups is 1. The Bertz CT molecular complexity index is 2010. The largest absolute Gasteiger partial charge is 0.416 e. The van der Waals surface area contributed by atoms with Crippen LogP contribution in [0.1, 0.15) is 72.8 Å². The number of aromatic nitrogens is 5. The fourth-order valence-electron chi connectivity index (χ4n) is 6.60. The Labute approximate surface area is 305 Å². The van der Waals surface area contributed by atoms with Crippen molar-refractivity contribution in [2.45, 2.75) is 76.3 Å². The summed E-state index contributed by atoms with van der Waals surface area (Å²) in [7, 11) is 0. The van der Waals surface area contributed by atoms with Crippen LogP contribution in [0.4, 0.5) is 17.6 Å². The highest BCUT2D eigenvalue weighted by atomic mass is 32.2. The van der Waals surface area contributed by atoms with E-state index in [1.165, 1.54) is 36.0 Å². The first kappa shape index (κ1) is 37.4. The van der Waals surface area contributed by atoms with Gasteiger partial charge in [0.25, 0.3) is 5.56 Å². The Hall–Kier alpha value is -4.33. The maximum atomic E-state index is 13.6. The van der Waals surface area contributed by atoms with E-state index in [4.69, 9.17) is 5.10 Å². The summed E-state index contributed by atoms with van der Waals surface area (Å²) in [4.78, 5) is 20.0. The van der Waals surface area contributed by atoms with Gasteiger partial charge >= 0.3 is 6.18 Å². The van der Waals surface area contributed by atoms with Gasteiger partial charge in [-0.2, -0.15) is 18.2 Å². The van der Waals surface area contributed by atoms with Crippen molar-refractivity contribution < 1.29 is 17.6 Å². The molecule has 0 radical (unpaired) electrons. The average Bonchev–Trinajstić information content (AvgIpc) is 3.79. The van der Waals surface area contributed by atoms with Gasteiger partial charge in [-0.25, -0.2) is 4.39 Å². The molecule has 1 aliphatic carbocycles. The SMILES string of the molecule is CCN(CC)CCNC(C)c1nnc(Cn2c(SCc3ccc(F)cc3)nc(=O)c3c2CCC3)n1Cc1ccc(-c2ccc(C(F)(F)F)cc2)cc1. The number of rotatable bonds is 15. The molecule has 0 aliphatic heterocycles. The predicted octanol–water partition coefficient (Wildman–Crippen LogP) is 7.53. The Balaban J connectivity index is 1.31. The minimum Gasteiger partial charge on any atom is -0.316 e. The van der Waals surface area contributed by atoms with Gasteiger partial charge < -0.3 is 19.4 Å². The Morgan fingerprint density at radius 3 is 2.17 bits per heavy atom. The topological polar surface area (TPSA) is 80.9 Å². The normalized spacial score (nSPS) is 13.5. The molecule has 1 N–H and O–H groups in total. The van der Waals surface area contributed by atoms with E-state index in [-0.39, 0.29) is 17.4 Å². The molecular weight excluding hydrogens is 691 g/mol. The van der Waals surface area contributed by atoms with Crippen molar-refractivity contribution in [3.8, 4) is 11.1 Å². The number of halogens is 4. The summed E-state index contributed by atoms with van der Waals surface area (Å²) in [6.07, 6.45) is -2.08. The molecule has 1 unspecified atom stereocenters. The van der Waals surface area contributed by atoms with Crippen LogP contribution in [0.5, 0.6) is 0 Å². The Morgan fingerprint density at radius 1 is 0.865 bits per heavy atom. The molecule has 6 rings (SSSR count). The molecule has 13 heteroatoms. The molecular formula is C39H43F4N7OS. The summed E-state index contributed by atoms with van der Waals surface area (Å²) < 4.78 is 57.2. The average molecular weight is 734 g/mol. The molecule has 0 fully saturated rings. The fraction of sp³-hybridized carbons (Fsp3) is 0.385. The summed E-state index contributed by atoms with van der Waals surface area (Å²) in [5.74, 6) is 1.69. The minimum atomic E-state index is -4.39. The smallest absolute Gasteiger partial charge is 0.316 e. The molecule has 1 atom stereocenters. The quantitative estimate of drug-likeness (QED) is 0.0677. The van der Waals surface area contributed by atoms with E-state index in [2.05, 4.69) is 50.2 Å². The number of hydrogen-bond donors (Lipinski definition) is 1. The minimum absolute atomic E-state index is 0.117. The molecule has 0 spiro atoms. The van der Waals surface area contributed by atoms with Crippen LogP contribution in [-0.4, -0.2) is 55.4 Å². The van der Waals surface area contributed by atoms with Crippen LogP contribution in [0.2, 0.25) is 0 Å². The highest BCUT2D eigenvalue weighted by Crippen LogP contribution is 2.32. The number of likely N-dealkylation sites (N-methyl/N-ethyl adjacent to an activating group) is 1. The number of alkyl halides is 3. The van der Waals surface area contributed by atoms with Crippen LogP contribution in [0.15, 0.2) is 82.7 Å². The fourth-order valence-corrected chi connectivity index (χ4v) is 7.56. The number of benzene rings is 3. The number of hydrogen-bond acceptors (Lipinski definition) is 7. The first-order valence-electron chi connectivity index (χ1n) is 17.7. The molecule has 2 aromatic heterocycles. The van der Waals surface area contributed by atoms with Crippen molar-refractivity contribution in [3.63, 3.8) is 0 Å². The van der Waals surface area contributed by atoms with E-state index >= 15 is 0 Å². The van der Waals surface area contributed by atoms with Crippen molar-refractivity contribution in [3.05, 3.63) is 129 Å². The van der Waals surface area contributed by atoms with Crippen LogP contribution in [0.3, 0.4) is 0 Å². The molecule has 8 nitrogen and oxygen atoms in total. The van der Waals surface area contributed by atoms with E-state index in [1.54, 1.807) is 12.1 Å². The highest BCUT2D eigenvalue weighted by molar-refractivity contribution is 7.98. The van der Waals surface area contributed by atoms with Gasteiger partial charge in [-0.15, -0.1) is 10.2 Å². The second-order valence-electron chi connectivity index (χ2n) is 13.0. The van der Waals surface area contributed by atoms with Gasteiger partial charge in [0.15, 0.2) is 11.0 Å². The number of nitrogens with zero attached hydrogens (tertiary/aromatic N) is 6. The van der Waals surface area contributed by atoms with E-state index in [0.717, 1.165) is 84.9 Å². The van der Waals surface area contributed by atoms with Crippen LogP contribution in [-0.2, 0) is 37.9 Å². The number of fused-ring (bicyclic) bond motifs is 1. The van der Waals surface area contributed by atoms with E-state index < -0.39 is 11.7 Å². The van der Waals surface area contributed by atoms with E-state index in [9.17, 15) is 22.4 Å². The van der Waals surface area contributed by atoms with E-state index in [0.29, 0.717) is 41.8 Å².